The molecule has 1 saturated heterocycles. The molecular formula is C22H27ClN2O3. The van der Waals surface area contributed by atoms with Gasteiger partial charge in [0.25, 0.3) is 0 Å². The summed E-state index contributed by atoms with van der Waals surface area (Å²) < 4.78 is 0. The van der Waals surface area contributed by atoms with Gasteiger partial charge in [-0.25, -0.2) is 0 Å². The molecule has 3 amide bonds. The van der Waals surface area contributed by atoms with Crippen molar-refractivity contribution in [3.8, 4) is 0 Å². The zero-order chi connectivity index (χ0) is 20.4. The van der Waals surface area contributed by atoms with Gasteiger partial charge in [-0.3, -0.25) is 19.3 Å². The predicted molar refractivity (Wildman–Crippen MR) is 108 cm³/mol. The highest BCUT2D eigenvalue weighted by Crippen LogP contribution is 2.37. The Bertz CT molecular complexity index is 779. The fourth-order valence-corrected chi connectivity index (χ4v) is 4.42. The second-order valence-corrected chi connectivity index (χ2v) is 8.51. The van der Waals surface area contributed by atoms with E-state index in [2.05, 4.69) is 5.32 Å². The third-order valence-electron chi connectivity index (χ3n) is 5.58. The van der Waals surface area contributed by atoms with Gasteiger partial charge in [-0.2, -0.15) is 0 Å². The van der Waals surface area contributed by atoms with E-state index in [-0.39, 0.29) is 41.5 Å². The van der Waals surface area contributed by atoms with Gasteiger partial charge in [0.1, 0.15) is 6.04 Å². The molecule has 1 aromatic carbocycles. The van der Waals surface area contributed by atoms with Crippen molar-refractivity contribution in [1.29, 1.82) is 0 Å². The number of fused-ring (bicyclic) bond motifs is 1. The van der Waals surface area contributed by atoms with E-state index in [9.17, 15) is 14.4 Å². The molecule has 6 heteroatoms. The summed E-state index contributed by atoms with van der Waals surface area (Å²) in [6.45, 7) is 5.82. The molecule has 0 bridgehead atoms. The van der Waals surface area contributed by atoms with Crippen molar-refractivity contribution in [2.75, 3.05) is 0 Å². The molecule has 5 nitrogen and oxygen atoms in total. The van der Waals surface area contributed by atoms with Crippen molar-refractivity contribution in [2.24, 2.45) is 17.8 Å². The number of likely N-dealkylation sites (tertiary alicyclic amines) is 1. The van der Waals surface area contributed by atoms with Crippen LogP contribution in [0.4, 0.5) is 0 Å². The van der Waals surface area contributed by atoms with Crippen LogP contribution >= 0.6 is 11.6 Å². The number of rotatable bonds is 6. The van der Waals surface area contributed by atoms with Crippen LogP contribution in [0.1, 0.15) is 51.6 Å². The number of carbonyl (C=O) groups excluding carboxylic acids is 3. The third-order valence-corrected chi connectivity index (χ3v) is 5.93. The van der Waals surface area contributed by atoms with E-state index < -0.39 is 6.04 Å². The number of hydrogen-bond acceptors (Lipinski definition) is 3. The van der Waals surface area contributed by atoms with Gasteiger partial charge in [-0.15, -0.1) is 0 Å². The van der Waals surface area contributed by atoms with Crippen LogP contribution in [0.3, 0.4) is 0 Å². The lowest BCUT2D eigenvalue weighted by molar-refractivity contribution is -0.148. The smallest absolute Gasteiger partial charge is 0.243 e. The minimum absolute atomic E-state index is 0.160. The predicted octanol–water partition coefficient (Wildman–Crippen LogP) is 3.88. The van der Waals surface area contributed by atoms with Crippen LogP contribution in [-0.4, -0.2) is 28.7 Å². The molecule has 1 aliphatic carbocycles. The lowest BCUT2D eigenvalue weighted by Gasteiger charge is -2.29. The summed E-state index contributed by atoms with van der Waals surface area (Å²) in [5.41, 5.74) is 0.803. The number of hydrogen-bond donors (Lipinski definition) is 1. The standard InChI is InChI=1S/C22H27ClN2O3/c1-13(2)12-19(20(26)24-14(3)15-8-6-7-11-18(15)23)25-21(27)16-9-4-5-10-17(16)22(25)28/h4-8,11,13-14,16-17,19H,9-10,12H2,1-3H3,(H,24,26). The molecule has 1 heterocycles. The zero-order valence-corrected chi connectivity index (χ0v) is 17.3. The van der Waals surface area contributed by atoms with Crippen LogP contribution < -0.4 is 5.32 Å². The lowest BCUT2D eigenvalue weighted by atomic mass is 9.85. The zero-order valence-electron chi connectivity index (χ0n) is 16.5. The Hall–Kier alpha value is -2.14. The first-order chi connectivity index (χ1) is 13.3. The topological polar surface area (TPSA) is 66.5 Å². The number of amides is 3. The minimum atomic E-state index is -0.796. The number of imide groups is 1. The van der Waals surface area contributed by atoms with Gasteiger partial charge < -0.3 is 5.32 Å². The van der Waals surface area contributed by atoms with Crippen LogP contribution in [0.25, 0.3) is 0 Å². The molecule has 1 N–H and O–H groups in total. The van der Waals surface area contributed by atoms with Gasteiger partial charge in [0.15, 0.2) is 0 Å². The van der Waals surface area contributed by atoms with E-state index in [0.717, 1.165) is 5.56 Å². The summed E-state index contributed by atoms with van der Waals surface area (Å²) in [5.74, 6) is -1.25. The molecule has 1 aromatic rings. The summed E-state index contributed by atoms with van der Waals surface area (Å²) in [7, 11) is 0. The number of allylic oxidation sites excluding steroid dienone is 2. The largest absolute Gasteiger partial charge is 0.348 e. The molecule has 150 valence electrons. The molecule has 0 spiro atoms. The fraction of sp³-hybridized carbons (Fsp3) is 0.500. The maximum Gasteiger partial charge on any atom is 0.243 e. The first-order valence-electron chi connectivity index (χ1n) is 9.88. The summed E-state index contributed by atoms with van der Waals surface area (Å²) in [5, 5.41) is 3.53. The Morgan fingerprint density at radius 3 is 2.21 bits per heavy atom. The monoisotopic (exact) mass is 402 g/mol. The fourth-order valence-electron chi connectivity index (χ4n) is 4.12. The Morgan fingerprint density at radius 1 is 1.11 bits per heavy atom. The highest BCUT2D eigenvalue weighted by atomic mass is 35.5. The normalized spacial score (nSPS) is 23.7. The second-order valence-electron chi connectivity index (χ2n) is 8.10. The SMILES string of the molecule is CC(C)CC(C(=O)NC(C)c1ccccc1Cl)N1C(=O)C2CC=CCC2C1=O. The van der Waals surface area contributed by atoms with Crippen LogP contribution in [0, 0.1) is 17.8 Å². The molecular weight excluding hydrogens is 376 g/mol. The van der Waals surface area contributed by atoms with Crippen molar-refractivity contribution in [1.82, 2.24) is 10.2 Å². The van der Waals surface area contributed by atoms with Gasteiger partial charge in [-0.1, -0.05) is 55.8 Å². The van der Waals surface area contributed by atoms with Gasteiger partial charge >= 0.3 is 0 Å². The van der Waals surface area contributed by atoms with Crippen molar-refractivity contribution in [2.45, 2.75) is 52.1 Å². The number of nitrogens with one attached hydrogen (secondary N) is 1. The molecule has 0 saturated carbocycles. The number of halogens is 1. The van der Waals surface area contributed by atoms with E-state index in [4.69, 9.17) is 11.6 Å². The Balaban J connectivity index is 1.82. The first kappa shape index (κ1) is 20.6. The third kappa shape index (κ3) is 4.00. The highest BCUT2D eigenvalue weighted by molar-refractivity contribution is 6.31. The Morgan fingerprint density at radius 2 is 1.68 bits per heavy atom. The van der Waals surface area contributed by atoms with Crippen LogP contribution in [0.5, 0.6) is 0 Å². The molecule has 28 heavy (non-hydrogen) atoms. The van der Waals surface area contributed by atoms with E-state index in [1.165, 1.54) is 4.90 Å². The Labute approximate surface area is 171 Å². The average molecular weight is 403 g/mol. The second kappa shape index (κ2) is 8.48. The van der Waals surface area contributed by atoms with Crippen LogP contribution in [-0.2, 0) is 14.4 Å². The van der Waals surface area contributed by atoms with E-state index in [1.54, 1.807) is 6.07 Å². The molecule has 3 rings (SSSR count). The van der Waals surface area contributed by atoms with Crippen molar-refractivity contribution in [3.05, 3.63) is 47.0 Å². The van der Waals surface area contributed by atoms with Gasteiger partial charge in [0.05, 0.1) is 17.9 Å². The molecule has 1 aliphatic heterocycles. The average Bonchev–Trinajstić information content (AvgIpc) is 2.91. The highest BCUT2D eigenvalue weighted by Gasteiger charge is 2.51. The number of benzene rings is 1. The van der Waals surface area contributed by atoms with E-state index in [1.807, 2.05) is 51.1 Å². The quantitative estimate of drug-likeness (QED) is 0.580. The maximum atomic E-state index is 13.1. The summed E-state index contributed by atoms with van der Waals surface area (Å²) >= 11 is 6.25. The number of nitrogens with zero attached hydrogens (tertiary/aromatic N) is 1. The molecule has 0 aromatic heterocycles. The van der Waals surface area contributed by atoms with Crippen LogP contribution in [0.15, 0.2) is 36.4 Å². The van der Waals surface area contributed by atoms with E-state index in [0.29, 0.717) is 24.3 Å². The molecule has 4 atom stereocenters. The lowest BCUT2D eigenvalue weighted by Crippen LogP contribution is -2.51. The Kier molecular flexibility index (Phi) is 6.23. The maximum absolute atomic E-state index is 13.1. The first-order valence-corrected chi connectivity index (χ1v) is 10.3. The summed E-state index contributed by atoms with van der Waals surface area (Å²) in [6, 6.07) is 6.20. The molecule has 4 unspecified atom stereocenters. The van der Waals surface area contributed by atoms with Gasteiger partial charge in [-0.05, 0) is 43.7 Å². The van der Waals surface area contributed by atoms with Gasteiger partial charge in [0.2, 0.25) is 17.7 Å². The molecule has 2 aliphatic rings. The van der Waals surface area contributed by atoms with Crippen molar-refractivity contribution < 1.29 is 14.4 Å². The van der Waals surface area contributed by atoms with Crippen LogP contribution in [0.2, 0.25) is 5.02 Å². The van der Waals surface area contributed by atoms with E-state index >= 15 is 0 Å². The summed E-state index contributed by atoms with van der Waals surface area (Å²) in [6.07, 6.45) is 5.47. The molecule has 0 radical (unpaired) electrons. The summed E-state index contributed by atoms with van der Waals surface area (Å²) in [4.78, 5) is 40.3. The van der Waals surface area contributed by atoms with Crippen molar-refractivity contribution >= 4 is 29.3 Å². The minimum Gasteiger partial charge on any atom is -0.348 e. The van der Waals surface area contributed by atoms with Gasteiger partial charge in [0, 0.05) is 5.02 Å². The number of carbonyl (C=O) groups is 3. The molecule has 1 fully saturated rings. The van der Waals surface area contributed by atoms with Crippen molar-refractivity contribution in [3.63, 3.8) is 0 Å².